The van der Waals surface area contributed by atoms with Crippen LogP contribution in [-0.4, -0.2) is 25.7 Å². The first kappa shape index (κ1) is 12.4. The Morgan fingerprint density at radius 3 is 2.81 bits per heavy atom. The Kier molecular flexibility index (Phi) is 4.66. The average molecular weight is 224 g/mol. The summed E-state index contributed by atoms with van der Waals surface area (Å²) in [6.45, 7) is 8.51. The van der Waals surface area contributed by atoms with E-state index < -0.39 is 0 Å². The van der Waals surface area contributed by atoms with Crippen molar-refractivity contribution in [2.45, 2.75) is 52.0 Å². The Bertz CT molecular complexity index is 193. The molecule has 16 heavy (non-hydrogen) atoms. The Hall–Kier alpha value is -0.0800. The van der Waals surface area contributed by atoms with Gasteiger partial charge in [-0.15, -0.1) is 0 Å². The van der Waals surface area contributed by atoms with Crippen molar-refractivity contribution in [1.29, 1.82) is 0 Å². The first-order valence-electron chi connectivity index (χ1n) is 7.20. The minimum absolute atomic E-state index is 0.840. The van der Waals surface area contributed by atoms with Crippen LogP contribution in [0.2, 0.25) is 0 Å². The molecular formula is C14H28N2. The lowest BCUT2D eigenvalue weighted by atomic mass is 9.81. The van der Waals surface area contributed by atoms with Gasteiger partial charge in [0.1, 0.15) is 0 Å². The molecule has 2 unspecified atom stereocenters. The van der Waals surface area contributed by atoms with Crippen LogP contribution in [0.4, 0.5) is 0 Å². The molecule has 1 aliphatic carbocycles. The molecule has 0 spiro atoms. The van der Waals surface area contributed by atoms with Gasteiger partial charge < -0.3 is 10.6 Å². The van der Waals surface area contributed by atoms with Crippen molar-refractivity contribution < 1.29 is 0 Å². The zero-order chi connectivity index (χ0) is 11.4. The van der Waals surface area contributed by atoms with E-state index in [1.165, 1.54) is 51.7 Å². The predicted octanol–water partition coefficient (Wildman–Crippen LogP) is 2.40. The molecule has 2 heteroatoms. The second kappa shape index (κ2) is 6.02. The molecule has 1 aliphatic heterocycles. The summed E-state index contributed by atoms with van der Waals surface area (Å²) in [5.41, 5.74) is 0. The summed E-state index contributed by atoms with van der Waals surface area (Å²) >= 11 is 0. The van der Waals surface area contributed by atoms with Gasteiger partial charge in [0.15, 0.2) is 0 Å². The lowest BCUT2D eigenvalue weighted by molar-refractivity contribution is 0.223. The largest absolute Gasteiger partial charge is 0.316 e. The van der Waals surface area contributed by atoms with Crippen LogP contribution in [0.25, 0.3) is 0 Å². The molecule has 2 N–H and O–H groups in total. The Labute approximate surface area is 101 Å². The molecule has 0 bridgehead atoms. The molecule has 0 aromatic rings. The van der Waals surface area contributed by atoms with Gasteiger partial charge in [-0.05, 0) is 69.5 Å². The molecule has 0 amide bonds. The summed E-state index contributed by atoms with van der Waals surface area (Å²) in [5, 5.41) is 7.22. The van der Waals surface area contributed by atoms with E-state index in [2.05, 4.69) is 24.5 Å². The van der Waals surface area contributed by atoms with E-state index in [1.54, 1.807) is 0 Å². The van der Waals surface area contributed by atoms with Crippen LogP contribution in [-0.2, 0) is 0 Å². The van der Waals surface area contributed by atoms with Gasteiger partial charge in [0.2, 0.25) is 0 Å². The van der Waals surface area contributed by atoms with Crippen LogP contribution >= 0.6 is 0 Å². The second-order valence-corrected chi connectivity index (χ2v) is 6.10. The molecule has 0 aromatic carbocycles. The molecular weight excluding hydrogens is 196 g/mol. The van der Waals surface area contributed by atoms with E-state index in [1.807, 2.05) is 0 Å². The maximum absolute atomic E-state index is 3.70. The topological polar surface area (TPSA) is 24.1 Å². The van der Waals surface area contributed by atoms with Crippen molar-refractivity contribution in [3.63, 3.8) is 0 Å². The number of hydrogen-bond donors (Lipinski definition) is 2. The minimum Gasteiger partial charge on any atom is -0.316 e. The van der Waals surface area contributed by atoms with Gasteiger partial charge in [-0.25, -0.2) is 0 Å². The van der Waals surface area contributed by atoms with Crippen LogP contribution < -0.4 is 10.6 Å². The first-order chi connectivity index (χ1) is 7.75. The molecule has 2 nitrogen and oxygen atoms in total. The lowest BCUT2D eigenvalue weighted by Crippen LogP contribution is -2.41. The highest BCUT2D eigenvalue weighted by molar-refractivity contribution is 4.82. The molecule has 94 valence electrons. The van der Waals surface area contributed by atoms with Gasteiger partial charge in [0, 0.05) is 6.04 Å². The van der Waals surface area contributed by atoms with Crippen LogP contribution in [0.5, 0.6) is 0 Å². The molecule has 1 saturated heterocycles. The summed E-state index contributed by atoms with van der Waals surface area (Å²) in [4.78, 5) is 0. The SMILES string of the molecule is CC1CC(NCCC(C)C2CCCNC2)C1. The maximum Gasteiger partial charge on any atom is 0.00721 e. The normalized spacial score (nSPS) is 36.8. The molecule has 0 aromatic heterocycles. The number of hydrogen-bond acceptors (Lipinski definition) is 2. The maximum atomic E-state index is 3.70. The van der Waals surface area contributed by atoms with Crippen molar-refractivity contribution in [3.05, 3.63) is 0 Å². The summed E-state index contributed by atoms with van der Waals surface area (Å²) in [6.07, 6.45) is 6.98. The third kappa shape index (κ3) is 3.46. The molecule has 2 aliphatic rings. The van der Waals surface area contributed by atoms with Gasteiger partial charge in [-0.1, -0.05) is 13.8 Å². The monoisotopic (exact) mass is 224 g/mol. The highest BCUT2D eigenvalue weighted by atomic mass is 14.9. The zero-order valence-corrected chi connectivity index (χ0v) is 11.0. The molecule has 2 atom stereocenters. The van der Waals surface area contributed by atoms with E-state index in [9.17, 15) is 0 Å². The van der Waals surface area contributed by atoms with Gasteiger partial charge in [0.25, 0.3) is 0 Å². The van der Waals surface area contributed by atoms with E-state index in [-0.39, 0.29) is 0 Å². The van der Waals surface area contributed by atoms with Crippen molar-refractivity contribution in [2.24, 2.45) is 17.8 Å². The molecule has 0 radical (unpaired) electrons. The van der Waals surface area contributed by atoms with Gasteiger partial charge in [-0.3, -0.25) is 0 Å². The highest BCUT2D eigenvalue weighted by Gasteiger charge is 2.25. The molecule has 1 saturated carbocycles. The predicted molar refractivity (Wildman–Crippen MR) is 69.6 cm³/mol. The van der Waals surface area contributed by atoms with Crippen LogP contribution in [0.3, 0.4) is 0 Å². The van der Waals surface area contributed by atoms with Gasteiger partial charge >= 0.3 is 0 Å². The molecule has 1 heterocycles. The van der Waals surface area contributed by atoms with Crippen molar-refractivity contribution in [1.82, 2.24) is 10.6 Å². The van der Waals surface area contributed by atoms with E-state index in [0.717, 1.165) is 23.8 Å². The fourth-order valence-corrected chi connectivity index (χ4v) is 3.18. The van der Waals surface area contributed by atoms with Gasteiger partial charge in [0.05, 0.1) is 0 Å². The number of piperidine rings is 1. The third-order valence-electron chi connectivity index (χ3n) is 4.55. The second-order valence-electron chi connectivity index (χ2n) is 6.10. The Morgan fingerprint density at radius 1 is 1.38 bits per heavy atom. The quantitative estimate of drug-likeness (QED) is 0.749. The molecule has 2 rings (SSSR count). The lowest BCUT2D eigenvalue weighted by Gasteiger charge is -2.34. The fraction of sp³-hybridized carbons (Fsp3) is 1.00. The number of nitrogens with one attached hydrogen (secondary N) is 2. The van der Waals surface area contributed by atoms with Crippen molar-refractivity contribution in [2.75, 3.05) is 19.6 Å². The van der Waals surface area contributed by atoms with E-state index in [0.29, 0.717) is 0 Å². The smallest absolute Gasteiger partial charge is 0.00721 e. The Morgan fingerprint density at radius 2 is 2.19 bits per heavy atom. The van der Waals surface area contributed by atoms with Crippen LogP contribution in [0, 0.1) is 17.8 Å². The third-order valence-corrected chi connectivity index (χ3v) is 4.55. The standard InChI is InChI=1S/C14H28N2/c1-11-8-14(9-11)16-7-5-12(2)13-4-3-6-15-10-13/h11-16H,3-10H2,1-2H3. The van der Waals surface area contributed by atoms with Crippen LogP contribution in [0.15, 0.2) is 0 Å². The van der Waals surface area contributed by atoms with Gasteiger partial charge in [-0.2, -0.15) is 0 Å². The van der Waals surface area contributed by atoms with Crippen LogP contribution in [0.1, 0.15) is 46.0 Å². The Balaban J connectivity index is 1.54. The van der Waals surface area contributed by atoms with E-state index >= 15 is 0 Å². The summed E-state index contributed by atoms with van der Waals surface area (Å²) in [5.74, 6) is 2.78. The number of rotatable bonds is 5. The van der Waals surface area contributed by atoms with E-state index in [4.69, 9.17) is 0 Å². The average Bonchev–Trinajstić information content (AvgIpc) is 2.27. The van der Waals surface area contributed by atoms with Crippen molar-refractivity contribution >= 4 is 0 Å². The summed E-state index contributed by atoms with van der Waals surface area (Å²) < 4.78 is 0. The summed E-state index contributed by atoms with van der Waals surface area (Å²) in [7, 11) is 0. The highest BCUT2D eigenvalue weighted by Crippen LogP contribution is 2.27. The first-order valence-corrected chi connectivity index (χ1v) is 7.20. The molecule has 2 fully saturated rings. The minimum atomic E-state index is 0.840. The zero-order valence-electron chi connectivity index (χ0n) is 11.0. The van der Waals surface area contributed by atoms with Crippen molar-refractivity contribution in [3.8, 4) is 0 Å². The fourth-order valence-electron chi connectivity index (χ4n) is 3.18. The summed E-state index contributed by atoms with van der Waals surface area (Å²) in [6, 6.07) is 0.840.